The lowest BCUT2D eigenvalue weighted by atomic mass is 10.0. The average molecular weight is 299 g/mol. The van der Waals surface area contributed by atoms with E-state index < -0.39 is 10.0 Å². The summed E-state index contributed by atoms with van der Waals surface area (Å²) >= 11 is 5.96. The third-order valence-electron chi connectivity index (χ3n) is 3.34. The van der Waals surface area contributed by atoms with Crippen LogP contribution in [0.3, 0.4) is 0 Å². The molecule has 1 aromatic carbocycles. The number of benzene rings is 1. The van der Waals surface area contributed by atoms with Crippen molar-refractivity contribution in [2.75, 3.05) is 4.72 Å². The van der Waals surface area contributed by atoms with Crippen LogP contribution in [0.1, 0.15) is 37.7 Å². The summed E-state index contributed by atoms with van der Waals surface area (Å²) in [5, 5.41) is 8.78. The van der Waals surface area contributed by atoms with Gasteiger partial charge in [-0.3, -0.25) is 4.72 Å². The molecule has 0 aromatic heterocycles. The number of hydrogen-bond acceptors (Lipinski definition) is 3. The van der Waals surface area contributed by atoms with Crippen LogP contribution in [0.4, 0.5) is 5.69 Å². The Labute approximate surface area is 118 Å². The normalized spacial score (nSPS) is 16.8. The van der Waals surface area contributed by atoms with Crippen molar-refractivity contribution in [2.45, 2.75) is 37.4 Å². The minimum absolute atomic E-state index is 0.284. The smallest absolute Gasteiger partial charge is 0.235 e. The van der Waals surface area contributed by atoms with Crippen LogP contribution < -0.4 is 4.72 Å². The Bertz CT molecular complexity index is 602. The van der Waals surface area contributed by atoms with E-state index in [1.165, 1.54) is 12.1 Å². The van der Waals surface area contributed by atoms with Gasteiger partial charge < -0.3 is 0 Å². The number of rotatable bonds is 3. The van der Waals surface area contributed by atoms with Crippen molar-refractivity contribution in [2.24, 2.45) is 0 Å². The van der Waals surface area contributed by atoms with E-state index in [4.69, 9.17) is 16.9 Å². The SMILES string of the molecule is N#Cc1ccc(Cl)c(NS(=O)(=O)C2CCCCC2)c1. The minimum atomic E-state index is -3.43. The third-order valence-corrected chi connectivity index (χ3v) is 5.52. The summed E-state index contributed by atoms with van der Waals surface area (Å²) in [6.07, 6.45) is 4.35. The Kier molecular flexibility index (Phi) is 4.33. The van der Waals surface area contributed by atoms with Crippen LogP contribution in [0, 0.1) is 11.3 Å². The second kappa shape index (κ2) is 5.81. The number of nitriles is 1. The minimum Gasteiger partial charge on any atom is -0.282 e. The zero-order valence-corrected chi connectivity index (χ0v) is 12.0. The highest BCUT2D eigenvalue weighted by Crippen LogP contribution is 2.28. The van der Waals surface area contributed by atoms with Crippen LogP contribution in [-0.4, -0.2) is 13.7 Å². The van der Waals surface area contributed by atoms with Gasteiger partial charge >= 0.3 is 0 Å². The number of nitrogens with one attached hydrogen (secondary N) is 1. The van der Waals surface area contributed by atoms with Gasteiger partial charge in [0.1, 0.15) is 0 Å². The Morgan fingerprint density at radius 1 is 1.26 bits per heavy atom. The van der Waals surface area contributed by atoms with Gasteiger partial charge in [0.2, 0.25) is 10.0 Å². The molecule has 0 spiro atoms. The number of anilines is 1. The number of halogens is 1. The third kappa shape index (κ3) is 3.40. The highest BCUT2D eigenvalue weighted by molar-refractivity contribution is 7.93. The quantitative estimate of drug-likeness (QED) is 0.931. The van der Waals surface area contributed by atoms with Gasteiger partial charge in [0.15, 0.2) is 0 Å². The molecular weight excluding hydrogens is 284 g/mol. The fraction of sp³-hybridized carbons (Fsp3) is 0.462. The van der Waals surface area contributed by atoms with Crippen LogP contribution in [0.25, 0.3) is 0 Å². The van der Waals surface area contributed by atoms with E-state index in [1.54, 1.807) is 6.07 Å². The molecule has 4 nitrogen and oxygen atoms in total. The second-order valence-corrected chi connectivity index (χ2v) is 7.08. The lowest BCUT2D eigenvalue weighted by Crippen LogP contribution is -2.29. The van der Waals surface area contributed by atoms with Crippen LogP contribution in [-0.2, 0) is 10.0 Å². The first-order valence-electron chi connectivity index (χ1n) is 6.24. The summed E-state index contributed by atoms with van der Waals surface area (Å²) in [4.78, 5) is 0. The zero-order chi connectivity index (χ0) is 13.9. The molecular formula is C13H15ClN2O2S. The van der Waals surface area contributed by atoms with Gasteiger partial charge in [0, 0.05) is 0 Å². The average Bonchev–Trinajstić information content (AvgIpc) is 2.42. The molecule has 1 N–H and O–H groups in total. The standard InChI is InChI=1S/C13H15ClN2O2S/c14-12-7-6-10(9-15)8-13(12)16-19(17,18)11-4-2-1-3-5-11/h6-8,11,16H,1-5H2. The molecule has 0 amide bonds. The molecule has 1 fully saturated rings. The first-order chi connectivity index (χ1) is 9.03. The molecule has 1 aromatic rings. The maximum atomic E-state index is 12.3. The molecule has 0 bridgehead atoms. The summed E-state index contributed by atoms with van der Waals surface area (Å²) in [6.45, 7) is 0. The molecule has 6 heteroatoms. The largest absolute Gasteiger partial charge is 0.282 e. The van der Waals surface area contributed by atoms with Crippen LogP contribution in [0.15, 0.2) is 18.2 Å². The highest BCUT2D eigenvalue weighted by atomic mass is 35.5. The van der Waals surface area contributed by atoms with Crippen molar-refractivity contribution in [3.63, 3.8) is 0 Å². The van der Waals surface area contributed by atoms with Crippen molar-refractivity contribution < 1.29 is 8.42 Å². The first kappa shape index (κ1) is 14.2. The van der Waals surface area contributed by atoms with E-state index in [0.29, 0.717) is 23.4 Å². The molecule has 102 valence electrons. The van der Waals surface area contributed by atoms with E-state index in [2.05, 4.69) is 4.72 Å². The van der Waals surface area contributed by atoms with Crippen LogP contribution >= 0.6 is 11.6 Å². The summed E-state index contributed by atoms with van der Waals surface area (Å²) in [6, 6.07) is 6.51. The van der Waals surface area contributed by atoms with Crippen molar-refractivity contribution >= 4 is 27.3 Å². The first-order valence-corrected chi connectivity index (χ1v) is 8.16. The Morgan fingerprint density at radius 2 is 1.95 bits per heavy atom. The van der Waals surface area contributed by atoms with Gasteiger partial charge in [-0.05, 0) is 31.0 Å². The molecule has 0 aliphatic heterocycles. The summed E-state index contributed by atoms with van der Waals surface area (Å²) in [5.74, 6) is 0. The molecule has 0 saturated heterocycles. The molecule has 2 rings (SSSR count). The lowest BCUT2D eigenvalue weighted by Gasteiger charge is -2.22. The maximum absolute atomic E-state index is 12.3. The number of hydrogen-bond donors (Lipinski definition) is 1. The molecule has 1 aliphatic carbocycles. The molecule has 19 heavy (non-hydrogen) atoms. The molecule has 0 unspecified atom stereocenters. The Hall–Kier alpha value is -1.25. The van der Waals surface area contributed by atoms with E-state index >= 15 is 0 Å². The van der Waals surface area contributed by atoms with Crippen LogP contribution in [0.5, 0.6) is 0 Å². The van der Waals surface area contributed by atoms with E-state index in [1.807, 2.05) is 6.07 Å². The van der Waals surface area contributed by atoms with Gasteiger partial charge in [-0.1, -0.05) is 30.9 Å². The van der Waals surface area contributed by atoms with E-state index in [9.17, 15) is 8.42 Å². The summed E-state index contributed by atoms with van der Waals surface area (Å²) in [7, 11) is -3.43. The summed E-state index contributed by atoms with van der Waals surface area (Å²) < 4.78 is 27.0. The van der Waals surface area contributed by atoms with E-state index in [0.717, 1.165) is 19.3 Å². The molecule has 0 heterocycles. The molecule has 0 radical (unpaired) electrons. The fourth-order valence-electron chi connectivity index (χ4n) is 2.29. The monoisotopic (exact) mass is 298 g/mol. The van der Waals surface area contributed by atoms with Crippen molar-refractivity contribution in [3.05, 3.63) is 28.8 Å². The Balaban J connectivity index is 2.22. The predicted octanol–water partition coefficient (Wildman–Crippen LogP) is 3.29. The topological polar surface area (TPSA) is 70.0 Å². The maximum Gasteiger partial charge on any atom is 0.235 e. The van der Waals surface area contributed by atoms with Gasteiger partial charge in [0.05, 0.1) is 27.6 Å². The lowest BCUT2D eigenvalue weighted by molar-refractivity contribution is 0.486. The molecule has 1 aliphatic rings. The zero-order valence-electron chi connectivity index (χ0n) is 10.4. The van der Waals surface area contributed by atoms with Gasteiger partial charge in [-0.15, -0.1) is 0 Å². The van der Waals surface area contributed by atoms with Gasteiger partial charge in [0.25, 0.3) is 0 Å². The number of nitrogens with zero attached hydrogens (tertiary/aromatic N) is 1. The summed E-state index contributed by atoms with van der Waals surface area (Å²) in [5.41, 5.74) is 0.664. The van der Waals surface area contributed by atoms with Crippen LogP contribution in [0.2, 0.25) is 5.02 Å². The van der Waals surface area contributed by atoms with Crippen molar-refractivity contribution in [1.29, 1.82) is 5.26 Å². The molecule has 0 atom stereocenters. The van der Waals surface area contributed by atoms with Crippen molar-refractivity contribution in [3.8, 4) is 6.07 Å². The number of sulfonamides is 1. The van der Waals surface area contributed by atoms with Gasteiger partial charge in [-0.2, -0.15) is 5.26 Å². The van der Waals surface area contributed by atoms with Crippen molar-refractivity contribution in [1.82, 2.24) is 0 Å². The predicted molar refractivity (Wildman–Crippen MR) is 75.6 cm³/mol. The highest BCUT2D eigenvalue weighted by Gasteiger charge is 2.27. The fourth-order valence-corrected chi connectivity index (χ4v) is 4.10. The van der Waals surface area contributed by atoms with Gasteiger partial charge in [-0.25, -0.2) is 8.42 Å². The Morgan fingerprint density at radius 3 is 2.58 bits per heavy atom. The molecule has 1 saturated carbocycles. The van der Waals surface area contributed by atoms with E-state index in [-0.39, 0.29) is 10.9 Å². The second-order valence-electron chi connectivity index (χ2n) is 4.71.